The van der Waals surface area contributed by atoms with Crippen molar-refractivity contribution in [2.24, 2.45) is 0 Å². The number of nitrogens with one attached hydrogen (secondary N) is 1. The molecule has 128 valence electrons. The quantitative estimate of drug-likeness (QED) is 0.795. The summed E-state index contributed by atoms with van der Waals surface area (Å²) in [7, 11) is 0. The molecule has 3 aromatic rings. The van der Waals surface area contributed by atoms with E-state index in [1.165, 1.54) is 0 Å². The van der Waals surface area contributed by atoms with Gasteiger partial charge in [0.1, 0.15) is 5.58 Å². The summed E-state index contributed by atoms with van der Waals surface area (Å²) in [4.78, 5) is 19.5. The number of amides is 1. The highest BCUT2D eigenvalue weighted by molar-refractivity contribution is 5.96. The Morgan fingerprint density at radius 2 is 1.96 bits per heavy atom. The van der Waals surface area contributed by atoms with Crippen LogP contribution in [-0.4, -0.2) is 34.9 Å². The molecule has 3 heterocycles. The topological polar surface area (TPSA) is 58.4 Å². The molecule has 0 bridgehead atoms. The zero-order chi connectivity index (χ0) is 17.1. The molecule has 0 unspecified atom stereocenters. The van der Waals surface area contributed by atoms with Crippen molar-refractivity contribution in [1.29, 1.82) is 0 Å². The number of furan rings is 1. The molecule has 1 aliphatic heterocycles. The van der Waals surface area contributed by atoms with Crippen LogP contribution in [0.2, 0.25) is 0 Å². The van der Waals surface area contributed by atoms with Crippen molar-refractivity contribution >= 4 is 16.9 Å². The molecule has 4 rings (SSSR count). The highest BCUT2D eigenvalue weighted by atomic mass is 16.3. The SMILES string of the molecule is O=C(c1cc2ccccc2o1)N(Cc1ccccn1)C1CCNCC1. The van der Waals surface area contributed by atoms with Gasteiger partial charge in [0.25, 0.3) is 5.91 Å². The molecule has 1 aromatic carbocycles. The molecule has 1 aliphatic rings. The minimum absolute atomic E-state index is 0.0613. The average molecular weight is 335 g/mol. The van der Waals surface area contributed by atoms with Crippen LogP contribution < -0.4 is 5.32 Å². The van der Waals surface area contributed by atoms with E-state index in [0.29, 0.717) is 12.3 Å². The molecule has 0 aliphatic carbocycles. The molecule has 1 fully saturated rings. The van der Waals surface area contributed by atoms with E-state index in [-0.39, 0.29) is 11.9 Å². The lowest BCUT2D eigenvalue weighted by Crippen LogP contribution is -2.45. The van der Waals surface area contributed by atoms with Crippen molar-refractivity contribution in [2.75, 3.05) is 13.1 Å². The highest BCUT2D eigenvalue weighted by Gasteiger charge is 2.28. The zero-order valence-corrected chi connectivity index (χ0v) is 14.0. The number of fused-ring (bicyclic) bond motifs is 1. The number of hydrogen-bond donors (Lipinski definition) is 1. The van der Waals surface area contributed by atoms with Crippen LogP contribution in [0.5, 0.6) is 0 Å². The maximum Gasteiger partial charge on any atom is 0.290 e. The first-order valence-corrected chi connectivity index (χ1v) is 8.71. The fraction of sp³-hybridized carbons (Fsp3) is 0.300. The lowest BCUT2D eigenvalue weighted by atomic mass is 10.0. The van der Waals surface area contributed by atoms with Gasteiger partial charge in [0, 0.05) is 17.6 Å². The molecule has 2 aromatic heterocycles. The number of nitrogens with zero attached hydrogens (tertiary/aromatic N) is 2. The summed E-state index contributed by atoms with van der Waals surface area (Å²) in [6.45, 7) is 2.36. The fourth-order valence-corrected chi connectivity index (χ4v) is 3.38. The molecule has 0 radical (unpaired) electrons. The van der Waals surface area contributed by atoms with E-state index in [9.17, 15) is 4.79 Å². The third kappa shape index (κ3) is 3.42. The van der Waals surface area contributed by atoms with Gasteiger partial charge in [0.05, 0.1) is 12.2 Å². The number of pyridine rings is 1. The van der Waals surface area contributed by atoms with E-state index < -0.39 is 0 Å². The van der Waals surface area contributed by atoms with E-state index in [1.54, 1.807) is 6.20 Å². The summed E-state index contributed by atoms with van der Waals surface area (Å²) in [6, 6.07) is 15.5. The second-order valence-electron chi connectivity index (χ2n) is 6.38. The molecule has 0 spiro atoms. The van der Waals surface area contributed by atoms with Crippen LogP contribution in [0.15, 0.2) is 59.1 Å². The third-order valence-corrected chi connectivity index (χ3v) is 4.71. The first-order chi connectivity index (χ1) is 12.3. The molecular formula is C20H21N3O2. The smallest absolute Gasteiger partial charge is 0.290 e. The van der Waals surface area contributed by atoms with Gasteiger partial charge in [-0.25, -0.2) is 0 Å². The molecule has 1 saturated heterocycles. The number of rotatable bonds is 4. The van der Waals surface area contributed by atoms with Crippen LogP contribution in [-0.2, 0) is 6.54 Å². The Morgan fingerprint density at radius 3 is 2.72 bits per heavy atom. The Labute approximate surface area is 146 Å². The summed E-state index contributed by atoms with van der Waals surface area (Å²) in [5, 5.41) is 4.31. The van der Waals surface area contributed by atoms with Crippen LogP contribution in [0.1, 0.15) is 29.1 Å². The summed E-state index contributed by atoms with van der Waals surface area (Å²) in [5.41, 5.74) is 1.64. The average Bonchev–Trinajstić information content (AvgIpc) is 3.11. The Hall–Kier alpha value is -2.66. The van der Waals surface area contributed by atoms with E-state index in [0.717, 1.165) is 42.6 Å². The predicted molar refractivity (Wildman–Crippen MR) is 96.2 cm³/mol. The second kappa shape index (κ2) is 7.07. The van der Waals surface area contributed by atoms with Crippen LogP contribution in [0.25, 0.3) is 11.0 Å². The molecule has 1 N–H and O–H groups in total. The van der Waals surface area contributed by atoms with Crippen molar-refractivity contribution < 1.29 is 9.21 Å². The third-order valence-electron chi connectivity index (χ3n) is 4.71. The van der Waals surface area contributed by atoms with Gasteiger partial charge in [0.15, 0.2) is 5.76 Å². The number of carbonyl (C=O) groups excluding carboxylic acids is 1. The molecule has 5 nitrogen and oxygen atoms in total. The van der Waals surface area contributed by atoms with Gasteiger partial charge in [-0.05, 0) is 50.2 Å². The van der Waals surface area contributed by atoms with Crippen LogP contribution in [0, 0.1) is 0 Å². The zero-order valence-electron chi connectivity index (χ0n) is 14.0. The maximum absolute atomic E-state index is 13.2. The molecule has 25 heavy (non-hydrogen) atoms. The minimum atomic E-state index is -0.0613. The van der Waals surface area contributed by atoms with Crippen molar-refractivity contribution in [2.45, 2.75) is 25.4 Å². The first-order valence-electron chi connectivity index (χ1n) is 8.71. The monoisotopic (exact) mass is 335 g/mol. The van der Waals surface area contributed by atoms with Crippen molar-refractivity contribution in [3.63, 3.8) is 0 Å². The second-order valence-corrected chi connectivity index (χ2v) is 6.38. The first kappa shape index (κ1) is 15.8. The van der Waals surface area contributed by atoms with E-state index in [1.807, 2.05) is 53.4 Å². The van der Waals surface area contributed by atoms with E-state index >= 15 is 0 Å². The van der Waals surface area contributed by atoms with E-state index in [2.05, 4.69) is 10.3 Å². The van der Waals surface area contributed by atoms with Gasteiger partial charge in [0.2, 0.25) is 0 Å². The Kier molecular flexibility index (Phi) is 4.48. The fourth-order valence-electron chi connectivity index (χ4n) is 3.38. The largest absolute Gasteiger partial charge is 0.451 e. The number of para-hydroxylation sites is 1. The van der Waals surface area contributed by atoms with Crippen molar-refractivity contribution in [1.82, 2.24) is 15.2 Å². The summed E-state index contributed by atoms with van der Waals surface area (Å²) in [5.74, 6) is 0.337. The molecule has 5 heteroatoms. The van der Waals surface area contributed by atoms with Crippen LogP contribution >= 0.6 is 0 Å². The summed E-state index contributed by atoms with van der Waals surface area (Å²) >= 11 is 0. The maximum atomic E-state index is 13.2. The minimum Gasteiger partial charge on any atom is -0.451 e. The lowest BCUT2D eigenvalue weighted by molar-refractivity contribution is 0.0590. The van der Waals surface area contributed by atoms with Gasteiger partial charge in [-0.15, -0.1) is 0 Å². The van der Waals surface area contributed by atoms with Crippen LogP contribution in [0.3, 0.4) is 0 Å². The van der Waals surface area contributed by atoms with E-state index in [4.69, 9.17) is 4.42 Å². The van der Waals surface area contributed by atoms with Crippen molar-refractivity contribution in [3.8, 4) is 0 Å². The molecule has 0 saturated carbocycles. The summed E-state index contributed by atoms with van der Waals surface area (Å²) < 4.78 is 5.81. The predicted octanol–water partition coefficient (Wildman–Crippen LogP) is 3.22. The number of piperidine rings is 1. The number of aromatic nitrogens is 1. The standard InChI is InChI=1S/C20H21N3O2/c24-20(19-13-15-5-1-2-7-18(15)25-19)23(17-8-11-21-12-9-17)14-16-6-3-4-10-22-16/h1-7,10,13,17,21H,8-9,11-12,14H2. The Morgan fingerprint density at radius 1 is 1.16 bits per heavy atom. The van der Waals surface area contributed by atoms with Gasteiger partial charge in [-0.3, -0.25) is 9.78 Å². The summed E-state index contributed by atoms with van der Waals surface area (Å²) in [6.07, 6.45) is 3.65. The van der Waals surface area contributed by atoms with Gasteiger partial charge in [-0.2, -0.15) is 0 Å². The highest BCUT2D eigenvalue weighted by Crippen LogP contribution is 2.23. The molecule has 0 atom stereocenters. The number of hydrogen-bond acceptors (Lipinski definition) is 4. The lowest BCUT2D eigenvalue weighted by Gasteiger charge is -2.34. The van der Waals surface area contributed by atoms with Gasteiger partial charge in [-0.1, -0.05) is 24.3 Å². The number of carbonyl (C=O) groups is 1. The Bertz CT molecular complexity index is 821. The molecular weight excluding hydrogens is 314 g/mol. The van der Waals surface area contributed by atoms with Gasteiger partial charge >= 0.3 is 0 Å². The molecule has 1 amide bonds. The Balaban J connectivity index is 1.64. The van der Waals surface area contributed by atoms with Crippen LogP contribution in [0.4, 0.5) is 0 Å². The number of benzene rings is 1. The van der Waals surface area contributed by atoms with Crippen molar-refractivity contribution in [3.05, 3.63) is 66.2 Å². The van der Waals surface area contributed by atoms with Gasteiger partial charge < -0.3 is 14.6 Å². The normalized spacial score (nSPS) is 15.4.